The van der Waals surface area contributed by atoms with Gasteiger partial charge in [0.15, 0.2) is 0 Å². The number of aliphatic hydroxyl groups excluding tert-OH is 1. The Hall–Kier alpha value is -0.130. The molecule has 2 unspecified atom stereocenters. The van der Waals surface area contributed by atoms with E-state index in [0.29, 0.717) is 12.8 Å². The van der Waals surface area contributed by atoms with Crippen LogP contribution in [0.4, 0.5) is 0 Å². The van der Waals surface area contributed by atoms with Gasteiger partial charge in [0.2, 0.25) is 0 Å². The first kappa shape index (κ1) is 24.9. The van der Waals surface area contributed by atoms with Gasteiger partial charge in [0, 0.05) is 0 Å². The van der Waals surface area contributed by atoms with Crippen LogP contribution in [0.1, 0.15) is 117 Å². The first-order valence-corrected chi connectivity index (χ1v) is 12.1. The normalized spacial score (nSPS) is 14.6. The van der Waals surface area contributed by atoms with Crippen molar-refractivity contribution in [1.29, 1.82) is 0 Å². The van der Waals surface area contributed by atoms with Gasteiger partial charge in [0.25, 0.3) is 10.1 Å². The van der Waals surface area contributed by atoms with E-state index in [-0.39, 0.29) is 6.10 Å². The van der Waals surface area contributed by atoms with Crippen molar-refractivity contribution >= 4 is 10.1 Å². The Labute approximate surface area is 156 Å². The minimum atomic E-state index is -3.90. The van der Waals surface area contributed by atoms with Crippen molar-refractivity contribution in [2.45, 2.75) is 128 Å². The van der Waals surface area contributed by atoms with Crippen molar-refractivity contribution in [2.24, 2.45) is 0 Å². The van der Waals surface area contributed by atoms with Crippen LogP contribution in [0.5, 0.6) is 0 Å². The molecule has 0 aromatic carbocycles. The summed E-state index contributed by atoms with van der Waals surface area (Å²) in [5.74, 6) is 0. The lowest BCUT2D eigenvalue weighted by Crippen LogP contribution is -2.20. The van der Waals surface area contributed by atoms with Crippen LogP contribution >= 0.6 is 0 Å². The highest BCUT2D eigenvalue weighted by Crippen LogP contribution is 2.19. The molecule has 0 heterocycles. The van der Waals surface area contributed by atoms with Crippen molar-refractivity contribution in [3.8, 4) is 0 Å². The van der Waals surface area contributed by atoms with Gasteiger partial charge >= 0.3 is 0 Å². The topological polar surface area (TPSA) is 74.6 Å². The van der Waals surface area contributed by atoms with Crippen molar-refractivity contribution in [2.75, 3.05) is 0 Å². The Morgan fingerprint density at radius 3 is 1.48 bits per heavy atom. The van der Waals surface area contributed by atoms with E-state index in [1.807, 2.05) is 6.92 Å². The summed E-state index contributed by atoms with van der Waals surface area (Å²) in [5.41, 5.74) is 0. The smallest absolute Gasteiger partial charge is 0.267 e. The third kappa shape index (κ3) is 15.8. The molecule has 2 N–H and O–H groups in total. The minimum Gasteiger partial charge on any atom is -0.393 e. The van der Waals surface area contributed by atoms with Crippen LogP contribution in [0, 0.1) is 0 Å². The Kier molecular flexibility index (Phi) is 16.0. The molecule has 0 aromatic rings. The van der Waals surface area contributed by atoms with Crippen molar-refractivity contribution in [3.05, 3.63) is 0 Å². The Bertz CT molecular complexity index is 381. The Balaban J connectivity index is 3.73. The third-order valence-electron chi connectivity index (χ3n) is 5.09. The van der Waals surface area contributed by atoms with Gasteiger partial charge in [-0.05, 0) is 25.7 Å². The molecule has 0 aliphatic heterocycles. The zero-order valence-corrected chi connectivity index (χ0v) is 17.4. The monoisotopic (exact) mass is 378 g/mol. The van der Waals surface area contributed by atoms with Gasteiger partial charge in [-0.2, -0.15) is 8.42 Å². The largest absolute Gasteiger partial charge is 0.393 e. The molecule has 4 nitrogen and oxygen atoms in total. The zero-order chi connectivity index (χ0) is 19.0. The van der Waals surface area contributed by atoms with Crippen LogP contribution in [0.2, 0.25) is 0 Å². The quantitative estimate of drug-likeness (QED) is 0.230. The number of rotatable bonds is 18. The van der Waals surface area contributed by atoms with E-state index >= 15 is 0 Å². The minimum absolute atomic E-state index is 0.155. The number of hydrogen-bond acceptors (Lipinski definition) is 3. The van der Waals surface area contributed by atoms with Gasteiger partial charge in [0.1, 0.15) is 0 Å². The summed E-state index contributed by atoms with van der Waals surface area (Å²) in [5, 5.41) is 8.92. The summed E-state index contributed by atoms with van der Waals surface area (Å²) in [4.78, 5) is 0. The second-order valence-corrected chi connectivity index (χ2v) is 9.15. The molecular weight excluding hydrogens is 336 g/mol. The lowest BCUT2D eigenvalue weighted by Gasteiger charge is -2.13. The fourth-order valence-electron chi connectivity index (χ4n) is 3.26. The summed E-state index contributed by atoms with van der Waals surface area (Å²) in [6, 6.07) is 0. The molecule has 152 valence electrons. The predicted octanol–water partition coefficient (Wildman–Crippen LogP) is 5.89. The van der Waals surface area contributed by atoms with E-state index < -0.39 is 15.4 Å². The summed E-state index contributed by atoms with van der Waals surface area (Å²) < 4.78 is 32.5. The van der Waals surface area contributed by atoms with Crippen LogP contribution in [-0.2, 0) is 10.1 Å². The van der Waals surface area contributed by atoms with Gasteiger partial charge in [-0.3, -0.25) is 4.55 Å². The predicted molar refractivity (Wildman–Crippen MR) is 107 cm³/mol. The molecule has 0 bridgehead atoms. The Morgan fingerprint density at radius 1 is 0.680 bits per heavy atom. The van der Waals surface area contributed by atoms with Gasteiger partial charge in [0.05, 0.1) is 11.4 Å². The summed E-state index contributed by atoms with van der Waals surface area (Å²) >= 11 is 0. The first-order chi connectivity index (χ1) is 11.9. The molecular formula is C20H42O4S. The summed E-state index contributed by atoms with van der Waals surface area (Å²) in [6.07, 6.45) is 15.9. The molecule has 2 atom stereocenters. The molecule has 0 spiro atoms. The maximum absolute atomic E-state index is 11.5. The lowest BCUT2D eigenvalue weighted by atomic mass is 10.0. The number of aliphatic hydroxyl groups is 1. The van der Waals surface area contributed by atoms with E-state index in [1.54, 1.807) is 0 Å². The molecule has 25 heavy (non-hydrogen) atoms. The highest BCUT2D eigenvalue weighted by atomic mass is 32.2. The molecule has 0 fully saturated rings. The van der Waals surface area contributed by atoms with Gasteiger partial charge in [-0.1, -0.05) is 90.9 Å². The van der Waals surface area contributed by atoms with Gasteiger partial charge < -0.3 is 5.11 Å². The molecule has 0 saturated heterocycles. The molecule has 5 heteroatoms. The second-order valence-electron chi connectivity index (χ2n) is 7.45. The molecule has 0 radical (unpaired) electrons. The van der Waals surface area contributed by atoms with Crippen LogP contribution in [-0.4, -0.2) is 29.4 Å². The van der Waals surface area contributed by atoms with Crippen LogP contribution in [0.15, 0.2) is 0 Å². The maximum atomic E-state index is 11.5. The van der Waals surface area contributed by atoms with Gasteiger partial charge in [-0.25, -0.2) is 0 Å². The zero-order valence-electron chi connectivity index (χ0n) is 16.6. The van der Waals surface area contributed by atoms with E-state index in [2.05, 4.69) is 6.92 Å². The molecule has 0 aromatic heterocycles. The van der Waals surface area contributed by atoms with Crippen molar-refractivity contribution < 1.29 is 18.1 Å². The van der Waals surface area contributed by atoms with Crippen LogP contribution in [0.3, 0.4) is 0 Å². The fourth-order valence-corrected chi connectivity index (χ4v) is 4.19. The number of unbranched alkanes of at least 4 members (excludes halogenated alkanes) is 10. The molecule has 0 aliphatic carbocycles. The SMILES string of the molecule is CCCCCCCCC(CCCCCCCCC(O)CC)S(=O)(=O)O. The Morgan fingerprint density at radius 2 is 1.08 bits per heavy atom. The standard InChI is InChI=1S/C20H42O4S/c1-3-5-6-7-11-14-17-20(25(22,23)24)18-15-12-9-8-10-13-16-19(21)4-2/h19-21H,3-18H2,1-2H3,(H,22,23,24). The lowest BCUT2D eigenvalue weighted by molar-refractivity contribution is 0.156. The average Bonchev–Trinajstić information content (AvgIpc) is 2.56. The van der Waals surface area contributed by atoms with Crippen molar-refractivity contribution in [1.82, 2.24) is 0 Å². The van der Waals surface area contributed by atoms with E-state index in [1.165, 1.54) is 25.7 Å². The van der Waals surface area contributed by atoms with Gasteiger partial charge in [-0.15, -0.1) is 0 Å². The molecule has 0 amide bonds. The molecule has 0 saturated carbocycles. The summed E-state index contributed by atoms with van der Waals surface area (Å²) in [6.45, 7) is 4.18. The summed E-state index contributed by atoms with van der Waals surface area (Å²) in [7, 11) is -3.90. The maximum Gasteiger partial charge on any atom is 0.267 e. The van der Waals surface area contributed by atoms with Crippen LogP contribution < -0.4 is 0 Å². The number of hydrogen-bond donors (Lipinski definition) is 2. The highest BCUT2D eigenvalue weighted by Gasteiger charge is 2.21. The first-order valence-electron chi connectivity index (χ1n) is 10.6. The molecule has 0 rings (SSSR count). The highest BCUT2D eigenvalue weighted by molar-refractivity contribution is 7.86. The van der Waals surface area contributed by atoms with E-state index in [4.69, 9.17) is 0 Å². The molecule has 0 aliphatic rings. The fraction of sp³-hybridized carbons (Fsp3) is 1.00. The van der Waals surface area contributed by atoms with Crippen LogP contribution in [0.25, 0.3) is 0 Å². The van der Waals surface area contributed by atoms with Crippen molar-refractivity contribution in [3.63, 3.8) is 0 Å². The van der Waals surface area contributed by atoms with E-state index in [9.17, 15) is 18.1 Å². The third-order valence-corrected chi connectivity index (χ3v) is 6.40. The average molecular weight is 379 g/mol. The second kappa shape index (κ2) is 16.1. The van der Waals surface area contributed by atoms with E-state index in [0.717, 1.165) is 64.2 Å².